The predicted molar refractivity (Wildman–Crippen MR) is 174 cm³/mol. The van der Waals surface area contributed by atoms with E-state index in [1.807, 2.05) is 54.7 Å². The van der Waals surface area contributed by atoms with Gasteiger partial charge in [0.25, 0.3) is 0 Å². The van der Waals surface area contributed by atoms with Gasteiger partial charge in [0.2, 0.25) is 5.79 Å². The number of ether oxygens (including phenoxy) is 3. The van der Waals surface area contributed by atoms with Gasteiger partial charge in [-0.2, -0.15) is 0 Å². The number of aryl methyl sites for hydroxylation is 1. The lowest BCUT2D eigenvalue weighted by atomic mass is 10.1. The minimum absolute atomic E-state index is 0.236. The Kier molecular flexibility index (Phi) is 9.52. The number of benzene rings is 3. The third-order valence-electron chi connectivity index (χ3n) is 7.89. The van der Waals surface area contributed by atoms with Gasteiger partial charge < -0.3 is 19.1 Å². The van der Waals surface area contributed by atoms with Crippen molar-refractivity contribution in [2.45, 2.75) is 25.4 Å². The molecule has 6 rings (SSSR count). The molecule has 4 aromatic rings. The van der Waals surface area contributed by atoms with Crippen molar-refractivity contribution in [3.8, 4) is 17.1 Å². The van der Waals surface area contributed by atoms with Crippen molar-refractivity contribution < 1.29 is 14.2 Å². The highest BCUT2D eigenvalue weighted by Gasteiger charge is 2.44. The summed E-state index contributed by atoms with van der Waals surface area (Å²) in [5, 5.41) is 1.51. The molecule has 0 amide bonds. The first-order valence-electron chi connectivity index (χ1n) is 14.3. The number of alkyl halides is 1. The maximum atomic E-state index is 6.44. The quantitative estimate of drug-likeness (QED) is 0.174. The van der Waals surface area contributed by atoms with Crippen LogP contribution in [0.15, 0.2) is 79.0 Å². The molecular weight excluding hydrogens is 651 g/mol. The molecule has 2 aliphatic rings. The largest absolute Gasteiger partial charge is 0.491 e. The van der Waals surface area contributed by atoms with Gasteiger partial charge in [0.15, 0.2) is 5.82 Å². The highest BCUT2D eigenvalue weighted by molar-refractivity contribution is 9.09. The molecule has 0 unspecified atom stereocenters. The van der Waals surface area contributed by atoms with E-state index in [2.05, 4.69) is 49.8 Å². The second-order valence-corrected chi connectivity index (χ2v) is 12.2. The van der Waals surface area contributed by atoms with Gasteiger partial charge in [-0.3, -0.25) is 4.90 Å². The lowest BCUT2D eigenvalue weighted by Crippen LogP contribution is -2.46. The highest BCUT2D eigenvalue weighted by Crippen LogP contribution is 2.40. The van der Waals surface area contributed by atoms with Crippen molar-refractivity contribution in [3.63, 3.8) is 0 Å². The van der Waals surface area contributed by atoms with Gasteiger partial charge in [-0.1, -0.05) is 75.5 Å². The van der Waals surface area contributed by atoms with Gasteiger partial charge in [-0.25, -0.2) is 9.97 Å². The van der Waals surface area contributed by atoms with E-state index < -0.39 is 5.79 Å². The Hall–Kier alpha value is -2.72. The molecule has 1 aromatic heterocycles. The molecule has 7 nitrogen and oxygen atoms in total. The van der Waals surface area contributed by atoms with Crippen LogP contribution in [0.1, 0.15) is 16.8 Å². The Balaban J connectivity index is 0.982. The second kappa shape index (κ2) is 13.5. The Morgan fingerprint density at radius 3 is 2.47 bits per heavy atom. The van der Waals surface area contributed by atoms with Crippen molar-refractivity contribution in [3.05, 3.63) is 106 Å². The first kappa shape index (κ1) is 30.3. The molecule has 2 aliphatic heterocycles. The van der Waals surface area contributed by atoms with Crippen LogP contribution in [0.4, 0.5) is 5.69 Å². The third-order valence-corrected chi connectivity index (χ3v) is 9.18. The Morgan fingerprint density at radius 2 is 1.77 bits per heavy atom. The zero-order valence-corrected chi connectivity index (χ0v) is 27.0. The fourth-order valence-electron chi connectivity index (χ4n) is 5.45. The fourth-order valence-corrected chi connectivity index (χ4v) is 6.60. The molecule has 0 bridgehead atoms. The summed E-state index contributed by atoms with van der Waals surface area (Å²) in [6.07, 6.45) is 1.74. The summed E-state index contributed by atoms with van der Waals surface area (Å²) in [5.41, 5.74) is 5.19. The number of aromatic nitrogens is 2. The van der Waals surface area contributed by atoms with E-state index in [0.29, 0.717) is 28.6 Å². The summed E-state index contributed by atoms with van der Waals surface area (Å²) in [4.78, 5) is 14.3. The monoisotopic (exact) mass is 682 g/mol. The minimum atomic E-state index is -0.973. The van der Waals surface area contributed by atoms with Crippen LogP contribution in [-0.4, -0.2) is 65.7 Å². The molecule has 10 heteroatoms. The van der Waals surface area contributed by atoms with Crippen LogP contribution in [0.5, 0.6) is 5.75 Å². The van der Waals surface area contributed by atoms with Crippen LogP contribution in [-0.2, 0) is 21.8 Å². The van der Waals surface area contributed by atoms with E-state index in [4.69, 9.17) is 42.4 Å². The van der Waals surface area contributed by atoms with Crippen LogP contribution in [0.25, 0.3) is 11.4 Å². The molecule has 0 spiro atoms. The molecule has 0 N–H and O–H groups in total. The molecule has 2 saturated heterocycles. The number of anilines is 1. The van der Waals surface area contributed by atoms with Crippen molar-refractivity contribution in [1.29, 1.82) is 0 Å². The normalized spacial score (nSPS) is 20.8. The molecule has 2 atom stereocenters. The summed E-state index contributed by atoms with van der Waals surface area (Å²) in [7, 11) is 0. The van der Waals surface area contributed by atoms with Crippen molar-refractivity contribution in [2.75, 3.05) is 49.6 Å². The van der Waals surface area contributed by atoms with E-state index in [9.17, 15) is 0 Å². The van der Waals surface area contributed by atoms with E-state index in [1.165, 1.54) is 11.3 Å². The first-order valence-corrected chi connectivity index (χ1v) is 16.2. The maximum absolute atomic E-state index is 6.44. The van der Waals surface area contributed by atoms with Crippen molar-refractivity contribution in [2.24, 2.45) is 0 Å². The molecule has 3 heterocycles. The maximum Gasteiger partial charge on any atom is 0.206 e. The molecule has 3 aromatic carbocycles. The van der Waals surface area contributed by atoms with Gasteiger partial charge in [-0.15, -0.1) is 0 Å². The summed E-state index contributed by atoms with van der Waals surface area (Å²) < 4.78 is 18.4. The summed E-state index contributed by atoms with van der Waals surface area (Å²) in [5.74, 6) is 0.596. The average Bonchev–Trinajstić information content (AvgIpc) is 3.46. The molecule has 0 aliphatic carbocycles. The number of nitrogens with zero attached hydrogens (tertiary/aromatic N) is 4. The van der Waals surface area contributed by atoms with Crippen molar-refractivity contribution >= 4 is 44.8 Å². The molecule has 224 valence electrons. The number of hydrogen-bond donors (Lipinski definition) is 0. The fraction of sp³-hybridized carbons (Fsp3) is 0.333. The molecular formula is C33H33BrCl2N4O3. The lowest BCUT2D eigenvalue weighted by Gasteiger charge is -2.36. The number of halogens is 3. The van der Waals surface area contributed by atoms with E-state index >= 15 is 0 Å². The highest BCUT2D eigenvalue weighted by atomic mass is 79.9. The van der Waals surface area contributed by atoms with Crippen molar-refractivity contribution in [1.82, 2.24) is 14.9 Å². The Morgan fingerprint density at radius 1 is 1.00 bits per heavy atom. The Labute approximate surface area is 270 Å². The van der Waals surface area contributed by atoms with Gasteiger partial charge in [0, 0.05) is 72.0 Å². The van der Waals surface area contributed by atoms with E-state index in [0.717, 1.165) is 61.1 Å². The number of rotatable bonds is 9. The van der Waals surface area contributed by atoms with E-state index in [1.54, 1.807) is 12.1 Å². The molecule has 43 heavy (non-hydrogen) atoms. The second-order valence-electron chi connectivity index (χ2n) is 10.8. The predicted octanol–water partition coefficient (Wildman–Crippen LogP) is 7.12. The van der Waals surface area contributed by atoms with Gasteiger partial charge in [0.1, 0.15) is 18.5 Å². The average molecular weight is 684 g/mol. The summed E-state index contributed by atoms with van der Waals surface area (Å²) in [6.45, 7) is 7.56. The number of hydrogen-bond acceptors (Lipinski definition) is 7. The number of piperazine rings is 1. The van der Waals surface area contributed by atoms with Crippen LogP contribution in [0.2, 0.25) is 10.0 Å². The Bertz CT molecular complexity index is 1540. The molecule has 0 saturated carbocycles. The van der Waals surface area contributed by atoms with Gasteiger partial charge in [0.05, 0.1) is 17.0 Å². The smallest absolute Gasteiger partial charge is 0.206 e. The standard InChI is InChI=1S/C33H33BrCl2N4O3/c1-23-25(18-37-32(38-23)24-5-3-2-4-6-24)19-39-13-15-40(16-14-39)27-8-10-28(11-9-27)41-20-29-21-42-33(22-34,43-29)30-12-7-26(35)17-31(30)36/h2-12,17-18,29H,13-16,19-22H2,1H3/t29-,33+/m1/s1. The van der Waals surface area contributed by atoms with E-state index in [-0.39, 0.29) is 6.10 Å². The first-order chi connectivity index (χ1) is 20.9. The molecule has 0 radical (unpaired) electrons. The van der Waals surface area contributed by atoms with Crippen LogP contribution in [0, 0.1) is 6.92 Å². The van der Waals surface area contributed by atoms with Crippen LogP contribution < -0.4 is 9.64 Å². The summed E-state index contributed by atoms with van der Waals surface area (Å²) >= 11 is 16.0. The van der Waals surface area contributed by atoms with Crippen LogP contribution in [0.3, 0.4) is 0 Å². The zero-order chi connectivity index (χ0) is 29.8. The van der Waals surface area contributed by atoms with Gasteiger partial charge in [-0.05, 0) is 43.3 Å². The third kappa shape index (κ3) is 7.00. The SMILES string of the molecule is Cc1nc(-c2ccccc2)ncc1CN1CCN(c2ccc(OC[C@@H]3CO[C@](CBr)(c4ccc(Cl)cc4Cl)O3)cc2)CC1. The van der Waals surface area contributed by atoms with Crippen LogP contribution >= 0.6 is 39.1 Å². The zero-order valence-electron chi connectivity index (χ0n) is 23.9. The van der Waals surface area contributed by atoms with Gasteiger partial charge >= 0.3 is 0 Å². The topological polar surface area (TPSA) is 60.0 Å². The lowest BCUT2D eigenvalue weighted by molar-refractivity contribution is -0.159. The molecule has 2 fully saturated rings. The summed E-state index contributed by atoms with van der Waals surface area (Å²) in [6, 6.07) is 23.7. The minimum Gasteiger partial charge on any atom is -0.491 e.